The summed E-state index contributed by atoms with van der Waals surface area (Å²) in [5.74, 6) is 0. The second kappa shape index (κ2) is 6.20. The average Bonchev–Trinajstić information content (AvgIpc) is 2.40. The lowest BCUT2D eigenvalue weighted by Gasteiger charge is -2.31. The lowest BCUT2D eigenvalue weighted by molar-refractivity contribution is 0.184. The van der Waals surface area contributed by atoms with Gasteiger partial charge in [0.2, 0.25) is 0 Å². The zero-order valence-corrected chi connectivity index (χ0v) is 11.3. The minimum absolute atomic E-state index is 0.814. The van der Waals surface area contributed by atoms with Crippen molar-refractivity contribution in [2.45, 2.75) is 58.0 Å². The molecule has 1 nitrogen and oxygen atoms in total. The number of hydrogen-bond acceptors (Lipinski definition) is 1. The number of benzene rings is 1. The highest BCUT2D eigenvalue weighted by atomic mass is 15.1. The van der Waals surface area contributed by atoms with Crippen molar-refractivity contribution in [1.82, 2.24) is 4.90 Å². The van der Waals surface area contributed by atoms with Gasteiger partial charge in [-0.05, 0) is 37.4 Å². The second-order valence-corrected chi connectivity index (χ2v) is 5.33. The highest BCUT2D eigenvalue weighted by Crippen LogP contribution is 2.23. The highest BCUT2D eigenvalue weighted by Gasteiger charge is 2.18. The Morgan fingerprint density at radius 2 is 1.71 bits per heavy atom. The number of rotatable bonds is 4. The average molecular weight is 231 g/mol. The molecule has 1 fully saturated rings. The molecule has 0 heterocycles. The van der Waals surface area contributed by atoms with Crippen LogP contribution in [0.5, 0.6) is 0 Å². The Kier molecular flexibility index (Phi) is 4.61. The predicted molar refractivity (Wildman–Crippen MR) is 74.2 cm³/mol. The highest BCUT2D eigenvalue weighted by molar-refractivity contribution is 5.26. The zero-order valence-electron chi connectivity index (χ0n) is 11.3. The van der Waals surface area contributed by atoms with Crippen LogP contribution < -0.4 is 0 Å². The van der Waals surface area contributed by atoms with Crippen LogP contribution in [0.2, 0.25) is 0 Å². The molecule has 2 rings (SSSR count). The van der Waals surface area contributed by atoms with E-state index in [1.54, 1.807) is 0 Å². The Morgan fingerprint density at radius 1 is 1.06 bits per heavy atom. The summed E-state index contributed by atoms with van der Waals surface area (Å²) in [5.41, 5.74) is 3.03. The maximum Gasteiger partial charge on any atom is 0.0236 e. The minimum Gasteiger partial charge on any atom is -0.299 e. The van der Waals surface area contributed by atoms with Crippen LogP contribution >= 0.6 is 0 Å². The molecule has 0 atom stereocenters. The van der Waals surface area contributed by atoms with Gasteiger partial charge in [-0.2, -0.15) is 0 Å². The van der Waals surface area contributed by atoms with E-state index in [0.717, 1.165) is 19.0 Å². The predicted octanol–water partition coefficient (Wildman–Crippen LogP) is 4.01. The topological polar surface area (TPSA) is 3.24 Å². The van der Waals surface area contributed by atoms with Gasteiger partial charge in [-0.3, -0.25) is 4.90 Å². The molecule has 1 aromatic carbocycles. The Hall–Kier alpha value is -0.820. The quantitative estimate of drug-likeness (QED) is 0.756. The summed E-state index contributed by atoms with van der Waals surface area (Å²) in [7, 11) is 2.29. The second-order valence-electron chi connectivity index (χ2n) is 5.33. The lowest BCUT2D eigenvalue weighted by atomic mass is 9.94. The van der Waals surface area contributed by atoms with E-state index in [1.807, 2.05) is 0 Å². The molecule has 0 aromatic heterocycles. The van der Waals surface area contributed by atoms with Crippen LogP contribution in [0.3, 0.4) is 0 Å². The summed E-state index contributed by atoms with van der Waals surface area (Å²) in [6.45, 7) is 3.37. The molecule has 17 heavy (non-hydrogen) atoms. The third-order valence-corrected chi connectivity index (χ3v) is 4.12. The number of hydrogen-bond donors (Lipinski definition) is 0. The van der Waals surface area contributed by atoms with Crippen molar-refractivity contribution in [3.05, 3.63) is 35.4 Å². The van der Waals surface area contributed by atoms with Crippen LogP contribution in [0.15, 0.2) is 24.3 Å². The largest absolute Gasteiger partial charge is 0.299 e. The molecule has 1 aliphatic rings. The maximum atomic E-state index is 2.56. The molecule has 0 amide bonds. The van der Waals surface area contributed by atoms with Crippen molar-refractivity contribution >= 4 is 0 Å². The summed E-state index contributed by atoms with van der Waals surface area (Å²) >= 11 is 0. The third kappa shape index (κ3) is 3.32. The van der Waals surface area contributed by atoms with Gasteiger partial charge in [0.25, 0.3) is 0 Å². The van der Waals surface area contributed by atoms with Gasteiger partial charge in [0.1, 0.15) is 0 Å². The first kappa shape index (κ1) is 12.6. The molecule has 1 saturated carbocycles. The van der Waals surface area contributed by atoms with Gasteiger partial charge in [0.05, 0.1) is 0 Å². The van der Waals surface area contributed by atoms with Crippen molar-refractivity contribution in [2.75, 3.05) is 7.05 Å². The van der Waals surface area contributed by atoms with Crippen molar-refractivity contribution in [3.8, 4) is 0 Å². The van der Waals surface area contributed by atoms with Gasteiger partial charge in [0, 0.05) is 12.6 Å². The van der Waals surface area contributed by atoms with E-state index in [-0.39, 0.29) is 0 Å². The van der Waals surface area contributed by atoms with Crippen LogP contribution in [0, 0.1) is 0 Å². The first-order chi connectivity index (χ1) is 8.31. The van der Waals surface area contributed by atoms with Crippen molar-refractivity contribution in [2.24, 2.45) is 0 Å². The summed E-state index contributed by atoms with van der Waals surface area (Å²) in [6.07, 6.45) is 8.22. The van der Waals surface area contributed by atoms with Gasteiger partial charge in [0.15, 0.2) is 0 Å². The molecule has 0 saturated heterocycles. The van der Waals surface area contributed by atoms with Crippen molar-refractivity contribution in [3.63, 3.8) is 0 Å². The molecule has 1 aliphatic carbocycles. The van der Waals surface area contributed by atoms with Crippen molar-refractivity contribution in [1.29, 1.82) is 0 Å². The smallest absolute Gasteiger partial charge is 0.0236 e. The molecule has 94 valence electrons. The fraction of sp³-hybridized carbons (Fsp3) is 0.625. The molecule has 0 N–H and O–H groups in total. The number of aryl methyl sites for hydroxylation is 1. The Labute approximate surface area is 106 Å². The fourth-order valence-corrected chi connectivity index (χ4v) is 2.98. The van der Waals surface area contributed by atoms with E-state index in [1.165, 1.54) is 43.2 Å². The lowest BCUT2D eigenvalue weighted by Crippen LogP contribution is -2.33. The van der Waals surface area contributed by atoms with E-state index in [0.29, 0.717) is 0 Å². The first-order valence-electron chi connectivity index (χ1n) is 7.08. The van der Waals surface area contributed by atoms with Crippen LogP contribution in [-0.4, -0.2) is 18.0 Å². The fourth-order valence-electron chi connectivity index (χ4n) is 2.98. The Bertz CT molecular complexity index is 339. The summed E-state index contributed by atoms with van der Waals surface area (Å²) in [5, 5.41) is 0. The Balaban J connectivity index is 1.99. The summed E-state index contributed by atoms with van der Waals surface area (Å²) < 4.78 is 0. The standard InChI is InChI=1S/C16H25N/c1-3-14-9-7-8-10-15(14)13-17(2)16-11-5-4-6-12-16/h7-10,16H,3-6,11-13H2,1-2H3. The molecule has 0 aliphatic heterocycles. The molecular formula is C16H25N. The molecule has 0 spiro atoms. The normalized spacial score (nSPS) is 17.6. The summed E-state index contributed by atoms with van der Waals surface area (Å²) in [6, 6.07) is 9.70. The Morgan fingerprint density at radius 3 is 2.35 bits per heavy atom. The first-order valence-corrected chi connectivity index (χ1v) is 7.08. The van der Waals surface area contributed by atoms with Crippen LogP contribution in [0.25, 0.3) is 0 Å². The van der Waals surface area contributed by atoms with Gasteiger partial charge < -0.3 is 0 Å². The zero-order chi connectivity index (χ0) is 12.1. The van der Waals surface area contributed by atoms with Crippen molar-refractivity contribution < 1.29 is 0 Å². The van der Waals surface area contributed by atoms with Gasteiger partial charge in [-0.1, -0.05) is 50.5 Å². The van der Waals surface area contributed by atoms with Gasteiger partial charge in [-0.25, -0.2) is 0 Å². The van der Waals surface area contributed by atoms with E-state index in [4.69, 9.17) is 0 Å². The molecule has 1 heteroatoms. The third-order valence-electron chi connectivity index (χ3n) is 4.12. The van der Waals surface area contributed by atoms with E-state index in [2.05, 4.69) is 43.1 Å². The van der Waals surface area contributed by atoms with Gasteiger partial charge >= 0.3 is 0 Å². The van der Waals surface area contributed by atoms with E-state index in [9.17, 15) is 0 Å². The molecule has 0 unspecified atom stereocenters. The molecule has 0 radical (unpaired) electrons. The minimum atomic E-state index is 0.814. The SMILES string of the molecule is CCc1ccccc1CN(C)C1CCCCC1. The van der Waals surface area contributed by atoms with Crippen LogP contribution in [0.1, 0.15) is 50.2 Å². The molecular weight excluding hydrogens is 206 g/mol. The maximum absolute atomic E-state index is 2.56. The molecule has 0 bridgehead atoms. The van der Waals surface area contributed by atoms with Gasteiger partial charge in [-0.15, -0.1) is 0 Å². The van der Waals surface area contributed by atoms with Crippen LogP contribution in [-0.2, 0) is 13.0 Å². The van der Waals surface area contributed by atoms with E-state index < -0.39 is 0 Å². The number of nitrogens with zero attached hydrogens (tertiary/aromatic N) is 1. The monoisotopic (exact) mass is 231 g/mol. The molecule has 1 aromatic rings. The summed E-state index contributed by atoms with van der Waals surface area (Å²) in [4.78, 5) is 2.56. The van der Waals surface area contributed by atoms with Crippen LogP contribution in [0.4, 0.5) is 0 Å². The van der Waals surface area contributed by atoms with E-state index >= 15 is 0 Å².